The summed E-state index contributed by atoms with van der Waals surface area (Å²) in [5.74, 6) is -1.84. The highest BCUT2D eigenvalue weighted by molar-refractivity contribution is 9.09. The summed E-state index contributed by atoms with van der Waals surface area (Å²) in [5, 5.41) is 10.1. The van der Waals surface area contributed by atoms with Crippen molar-refractivity contribution in [3.05, 3.63) is 90.5 Å². The van der Waals surface area contributed by atoms with E-state index in [-0.39, 0.29) is 41.0 Å². The molecule has 5 rings (SSSR count). The van der Waals surface area contributed by atoms with Crippen LogP contribution in [0.4, 0.5) is 5.69 Å². The van der Waals surface area contributed by atoms with Gasteiger partial charge in [0.25, 0.3) is 5.91 Å². The Hall–Kier alpha value is -2.88. The largest absolute Gasteiger partial charge is 0.394 e. The maximum Gasteiger partial charge on any atom is 0.251 e. The Morgan fingerprint density at radius 3 is 2.49 bits per heavy atom. The van der Waals surface area contributed by atoms with Gasteiger partial charge in [0, 0.05) is 35.4 Å². The predicted molar refractivity (Wildman–Crippen MR) is 176 cm³/mol. The summed E-state index contributed by atoms with van der Waals surface area (Å²) in [6, 6.07) is 14.3. The number of carbonyl (C=O) groups is 3. The average Bonchev–Trinajstić information content (AvgIpc) is 3.59. The van der Waals surface area contributed by atoms with Crippen molar-refractivity contribution >= 4 is 51.1 Å². The van der Waals surface area contributed by atoms with Crippen LogP contribution in [0.15, 0.2) is 73.8 Å². The van der Waals surface area contributed by atoms with Crippen LogP contribution in [0.3, 0.4) is 0 Å². The van der Waals surface area contributed by atoms with Gasteiger partial charge in [0.05, 0.1) is 29.2 Å². The number of carbonyl (C=O) groups excluding carboxylic acids is 3. The van der Waals surface area contributed by atoms with E-state index in [0.29, 0.717) is 19.5 Å². The number of benzene rings is 2. The van der Waals surface area contributed by atoms with E-state index in [0.717, 1.165) is 22.4 Å². The number of aliphatic hydroxyl groups excluding tert-OH is 1. The monoisotopic (exact) mass is 665 g/mol. The molecule has 7 atom stereocenters. The first-order valence-corrected chi connectivity index (χ1v) is 16.6. The first kappa shape index (κ1) is 31.5. The number of fused-ring (bicyclic) bond motifs is 1. The van der Waals surface area contributed by atoms with E-state index >= 15 is 0 Å². The fraction of sp³-hybridized carbons (Fsp3) is 0.441. The van der Waals surface area contributed by atoms with Crippen molar-refractivity contribution in [2.45, 2.75) is 60.6 Å². The zero-order chi connectivity index (χ0) is 31.1. The van der Waals surface area contributed by atoms with Crippen LogP contribution in [-0.4, -0.2) is 79.2 Å². The Labute approximate surface area is 267 Å². The molecule has 3 aliphatic heterocycles. The summed E-state index contributed by atoms with van der Waals surface area (Å²) in [6.45, 7) is 14.3. The molecule has 3 amide bonds. The molecule has 0 aromatic heterocycles. The molecule has 0 saturated carbocycles. The van der Waals surface area contributed by atoms with Gasteiger partial charge in [-0.2, -0.15) is 0 Å². The molecule has 1 spiro atoms. The van der Waals surface area contributed by atoms with Crippen molar-refractivity contribution in [2.75, 3.05) is 24.6 Å². The van der Waals surface area contributed by atoms with Gasteiger partial charge in [-0.05, 0) is 49.9 Å². The van der Waals surface area contributed by atoms with Crippen molar-refractivity contribution in [3.8, 4) is 0 Å². The summed E-state index contributed by atoms with van der Waals surface area (Å²) in [4.78, 5) is 48.8. The molecule has 2 bridgehead atoms. The minimum absolute atomic E-state index is 0.0500. The van der Waals surface area contributed by atoms with Gasteiger partial charge in [0.1, 0.15) is 6.04 Å². The van der Waals surface area contributed by atoms with Crippen molar-refractivity contribution in [1.82, 2.24) is 9.80 Å². The smallest absolute Gasteiger partial charge is 0.251 e. The normalized spacial score (nSPS) is 28.0. The highest BCUT2D eigenvalue weighted by Gasteiger charge is 2.76. The first-order valence-electron chi connectivity index (χ1n) is 14.8. The fourth-order valence-electron chi connectivity index (χ4n) is 7.19. The number of aliphatic hydroxyl groups is 1. The molecular formula is C34H40BrN3O4S. The first-order chi connectivity index (χ1) is 20.6. The summed E-state index contributed by atoms with van der Waals surface area (Å²) in [6.07, 6.45) is 3.98. The minimum Gasteiger partial charge on any atom is -0.394 e. The Kier molecular flexibility index (Phi) is 9.26. The van der Waals surface area contributed by atoms with Crippen molar-refractivity contribution in [1.29, 1.82) is 0 Å². The van der Waals surface area contributed by atoms with Gasteiger partial charge in [-0.3, -0.25) is 14.4 Å². The summed E-state index contributed by atoms with van der Waals surface area (Å²) < 4.78 is -0.819. The second-order valence-corrected chi connectivity index (χ2v) is 14.7. The number of anilines is 1. The van der Waals surface area contributed by atoms with Gasteiger partial charge in [-0.25, -0.2) is 0 Å². The summed E-state index contributed by atoms with van der Waals surface area (Å²) in [5.41, 5.74) is 3.73. The molecule has 2 aromatic rings. The SMILES string of the molecule is C=CCN(Cc1ccccc1)C(=O)[C@H]1[C@@H]2SC3(CC2Br)C(C(=O)N(CC=C)c2cc(C)ccc2C)N([C@H](C)CO)C(=O)[C@H]13. The van der Waals surface area contributed by atoms with Gasteiger partial charge in [0.2, 0.25) is 11.8 Å². The lowest BCUT2D eigenvalue weighted by atomic mass is 9.70. The Balaban J connectivity index is 1.58. The summed E-state index contributed by atoms with van der Waals surface area (Å²) >= 11 is 5.47. The van der Waals surface area contributed by atoms with Crippen LogP contribution in [0.5, 0.6) is 0 Å². The number of thioether (sulfide) groups is 1. The number of alkyl halides is 1. The van der Waals surface area contributed by atoms with Gasteiger partial charge in [0.15, 0.2) is 0 Å². The van der Waals surface area contributed by atoms with E-state index in [1.807, 2.05) is 62.4 Å². The standard InChI is InChI=1S/C34H40BrN3O4S/c1-6-15-36(19-24-11-9-8-10-12-24)31(40)27-28-32(41)38(23(5)20-39)30(34(28)18-25(35)29(27)43-34)33(42)37(16-7-2)26-17-21(3)13-14-22(26)4/h6-14,17,23,25,27-30,39H,1-2,15-16,18-20H2,3-5H3/t23-,25?,27-,28+,29-,30?,34?/m1/s1. The van der Waals surface area contributed by atoms with Crippen LogP contribution >= 0.6 is 27.7 Å². The Morgan fingerprint density at radius 2 is 1.84 bits per heavy atom. The van der Waals surface area contributed by atoms with Gasteiger partial charge < -0.3 is 19.8 Å². The molecule has 228 valence electrons. The van der Waals surface area contributed by atoms with E-state index in [2.05, 4.69) is 29.1 Å². The third kappa shape index (κ3) is 5.38. The number of hydrogen-bond donors (Lipinski definition) is 1. The topological polar surface area (TPSA) is 81.2 Å². The van der Waals surface area contributed by atoms with Crippen LogP contribution in [0.2, 0.25) is 0 Å². The molecule has 0 radical (unpaired) electrons. The van der Waals surface area contributed by atoms with Crippen LogP contribution in [0, 0.1) is 25.7 Å². The maximum absolute atomic E-state index is 14.8. The van der Waals surface area contributed by atoms with Crippen LogP contribution < -0.4 is 4.90 Å². The van der Waals surface area contributed by atoms with E-state index in [4.69, 9.17) is 0 Å². The number of amides is 3. The summed E-state index contributed by atoms with van der Waals surface area (Å²) in [7, 11) is 0. The number of nitrogens with zero attached hydrogens (tertiary/aromatic N) is 3. The van der Waals surface area contributed by atoms with Gasteiger partial charge in [-0.15, -0.1) is 24.9 Å². The molecular weight excluding hydrogens is 626 g/mol. The zero-order valence-electron chi connectivity index (χ0n) is 25.0. The molecule has 1 N–H and O–H groups in total. The van der Waals surface area contributed by atoms with E-state index in [1.165, 1.54) is 0 Å². The molecule has 9 heteroatoms. The van der Waals surface area contributed by atoms with Crippen molar-refractivity contribution in [2.24, 2.45) is 11.8 Å². The lowest BCUT2D eigenvalue weighted by molar-refractivity contribution is -0.145. The maximum atomic E-state index is 14.8. The molecule has 3 fully saturated rings. The van der Waals surface area contributed by atoms with E-state index in [1.54, 1.807) is 45.5 Å². The molecule has 0 aliphatic carbocycles. The minimum atomic E-state index is -0.846. The van der Waals surface area contributed by atoms with Crippen LogP contribution in [0.1, 0.15) is 30.0 Å². The van der Waals surface area contributed by atoms with Gasteiger partial charge >= 0.3 is 0 Å². The Morgan fingerprint density at radius 1 is 1.14 bits per heavy atom. The van der Waals surface area contributed by atoms with Crippen LogP contribution in [0.25, 0.3) is 0 Å². The Bertz CT molecular complexity index is 1420. The molecule has 3 saturated heterocycles. The van der Waals surface area contributed by atoms with E-state index in [9.17, 15) is 19.5 Å². The number of halogens is 1. The lowest BCUT2D eigenvalue weighted by Crippen LogP contribution is -2.57. The number of hydrogen-bond acceptors (Lipinski definition) is 5. The second-order valence-electron chi connectivity index (χ2n) is 12.0. The van der Waals surface area contributed by atoms with Crippen LogP contribution in [-0.2, 0) is 20.9 Å². The average molecular weight is 667 g/mol. The predicted octanol–water partition coefficient (Wildman–Crippen LogP) is 4.88. The molecule has 43 heavy (non-hydrogen) atoms. The lowest BCUT2D eigenvalue weighted by Gasteiger charge is -2.39. The molecule has 2 aromatic carbocycles. The molecule has 3 heterocycles. The quantitative estimate of drug-likeness (QED) is 0.273. The molecule has 3 unspecified atom stereocenters. The highest BCUT2D eigenvalue weighted by atomic mass is 79.9. The third-order valence-corrected chi connectivity index (χ3v) is 12.3. The second kappa shape index (κ2) is 12.6. The third-order valence-electron chi connectivity index (χ3n) is 9.10. The fourth-order valence-corrected chi connectivity index (χ4v) is 10.8. The highest BCUT2D eigenvalue weighted by Crippen LogP contribution is 2.68. The van der Waals surface area contributed by atoms with Crippen molar-refractivity contribution < 1.29 is 19.5 Å². The zero-order valence-corrected chi connectivity index (χ0v) is 27.4. The molecule has 3 aliphatic rings. The number of rotatable bonds is 11. The number of likely N-dealkylation sites (tertiary alicyclic amines) is 1. The van der Waals surface area contributed by atoms with E-state index < -0.39 is 28.7 Å². The molecule has 7 nitrogen and oxygen atoms in total. The number of aryl methyl sites for hydroxylation is 2. The van der Waals surface area contributed by atoms with Crippen molar-refractivity contribution in [3.63, 3.8) is 0 Å². The van der Waals surface area contributed by atoms with Gasteiger partial charge in [-0.1, -0.05) is 70.5 Å².